The van der Waals surface area contributed by atoms with E-state index in [1.54, 1.807) is 0 Å². The molecule has 1 saturated heterocycles. The lowest BCUT2D eigenvalue weighted by molar-refractivity contribution is -0.129. The van der Waals surface area contributed by atoms with Gasteiger partial charge in [-0.25, -0.2) is 0 Å². The van der Waals surface area contributed by atoms with E-state index in [9.17, 15) is 9.59 Å². The Morgan fingerprint density at radius 1 is 1.19 bits per heavy atom. The van der Waals surface area contributed by atoms with E-state index in [1.165, 1.54) is 18.2 Å². The molecule has 0 aliphatic carbocycles. The number of nitrogens with zero attached hydrogens (tertiary/aromatic N) is 2. The molecular weight excluding hydrogens is 415 g/mol. The molecule has 0 atom stereocenters. The highest BCUT2D eigenvalue weighted by atomic mass is 35.5. The number of nitrogens with one attached hydrogen (secondary N) is 1. The minimum Gasteiger partial charge on any atom is -0.378 e. The molecule has 0 spiro atoms. The highest BCUT2D eigenvalue weighted by Gasteiger charge is 2.17. The maximum atomic E-state index is 12.1. The molecule has 10 heteroatoms. The first-order valence-corrected chi connectivity index (χ1v) is 10.4. The number of rotatable bonds is 3. The monoisotopic (exact) mass is 432 g/mol. The molecular formula is C16H18Cl2N4O2S2. The summed E-state index contributed by atoms with van der Waals surface area (Å²) in [4.78, 5) is 29.7. The molecule has 1 fully saturated rings. The molecule has 2 amide bonds. The lowest BCUT2D eigenvalue weighted by Gasteiger charge is -2.26. The van der Waals surface area contributed by atoms with Gasteiger partial charge in [0.05, 0.1) is 15.8 Å². The summed E-state index contributed by atoms with van der Waals surface area (Å²) >= 11 is 13.6. The van der Waals surface area contributed by atoms with Crippen molar-refractivity contribution in [3.63, 3.8) is 0 Å². The quantitative estimate of drug-likeness (QED) is 0.557. The summed E-state index contributed by atoms with van der Waals surface area (Å²) < 4.78 is 0.110. The standard InChI is InChI=1S/C16H18Cl2N4O2S2/c17-11-5-4-10(8-12(11)18)14(24)21-15(19)26-16(20)25-9-13(23)22-6-2-1-3-7-22/h4-5,8,20H,1-3,6-7,9H2,(H2,19,21,24). The van der Waals surface area contributed by atoms with E-state index in [2.05, 4.69) is 4.99 Å². The van der Waals surface area contributed by atoms with Gasteiger partial charge in [0, 0.05) is 18.7 Å². The van der Waals surface area contributed by atoms with Gasteiger partial charge in [-0.1, -0.05) is 35.0 Å². The van der Waals surface area contributed by atoms with E-state index in [4.69, 9.17) is 34.3 Å². The van der Waals surface area contributed by atoms with Crippen molar-refractivity contribution in [3.05, 3.63) is 33.8 Å². The first-order chi connectivity index (χ1) is 12.4. The maximum absolute atomic E-state index is 12.1. The number of benzene rings is 1. The number of carbonyl (C=O) groups excluding carboxylic acids is 2. The van der Waals surface area contributed by atoms with Gasteiger partial charge in [-0.2, -0.15) is 4.99 Å². The molecule has 26 heavy (non-hydrogen) atoms. The first kappa shape index (κ1) is 21.1. The van der Waals surface area contributed by atoms with E-state index >= 15 is 0 Å². The molecule has 1 aromatic carbocycles. The summed E-state index contributed by atoms with van der Waals surface area (Å²) in [5.74, 6) is -0.377. The number of amidine groups is 1. The summed E-state index contributed by atoms with van der Waals surface area (Å²) in [6.07, 6.45) is 3.21. The van der Waals surface area contributed by atoms with E-state index in [-0.39, 0.29) is 31.8 Å². The smallest absolute Gasteiger partial charge is 0.279 e. The van der Waals surface area contributed by atoms with Gasteiger partial charge < -0.3 is 10.6 Å². The number of hydrogen-bond donors (Lipinski definition) is 2. The number of piperidine rings is 1. The fraction of sp³-hybridized carbons (Fsp3) is 0.375. The fourth-order valence-corrected chi connectivity index (χ4v) is 4.03. The Labute approximate surface area is 170 Å². The van der Waals surface area contributed by atoms with Crippen LogP contribution in [-0.2, 0) is 4.79 Å². The van der Waals surface area contributed by atoms with Crippen molar-refractivity contribution in [3.8, 4) is 0 Å². The van der Waals surface area contributed by atoms with Gasteiger partial charge in [-0.05, 0) is 49.2 Å². The summed E-state index contributed by atoms with van der Waals surface area (Å²) in [6, 6.07) is 4.40. The molecule has 1 heterocycles. The number of hydrogen-bond acceptors (Lipinski definition) is 5. The topological polar surface area (TPSA) is 99.6 Å². The molecule has 1 aromatic rings. The zero-order valence-electron chi connectivity index (χ0n) is 13.8. The van der Waals surface area contributed by atoms with Crippen LogP contribution >= 0.6 is 46.7 Å². The number of nitrogens with two attached hydrogens (primary N) is 1. The van der Waals surface area contributed by atoms with Crippen LogP contribution < -0.4 is 5.73 Å². The minimum absolute atomic E-state index is 0.0162. The van der Waals surface area contributed by atoms with E-state index in [0.29, 0.717) is 5.02 Å². The summed E-state index contributed by atoms with van der Waals surface area (Å²) in [5.41, 5.74) is 5.97. The molecule has 2 rings (SSSR count). The number of aliphatic imine (C=N–C) groups is 1. The van der Waals surface area contributed by atoms with E-state index < -0.39 is 5.91 Å². The van der Waals surface area contributed by atoms with Crippen LogP contribution in [0, 0.1) is 5.41 Å². The Hall–Kier alpha value is -1.22. The molecule has 0 bridgehead atoms. The third-order valence-corrected chi connectivity index (χ3v) is 6.09. The van der Waals surface area contributed by atoms with Gasteiger partial charge in [0.15, 0.2) is 5.17 Å². The largest absolute Gasteiger partial charge is 0.378 e. The highest BCUT2D eigenvalue weighted by Crippen LogP contribution is 2.23. The average Bonchev–Trinajstić information content (AvgIpc) is 2.62. The van der Waals surface area contributed by atoms with Crippen molar-refractivity contribution in [2.24, 2.45) is 10.7 Å². The van der Waals surface area contributed by atoms with Crippen molar-refractivity contribution < 1.29 is 9.59 Å². The van der Waals surface area contributed by atoms with Crippen LogP contribution in [0.2, 0.25) is 10.0 Å². The van der Waals surface area contributed by atoms with Crippen LogP contribution in [-0.4, -0.2) is 45.1 Å². The maximum Gasteiger partial charge on any atom is 0.279 e. The van der Waals surface area contributed by atoms with Crippen LogP contribution in [0.15, 0.2) is 23.2 Å². The Morgan fingerprint density at radius 2 is 1.88 bits per heavy atom. The SMILES string of the molecule is N=C(SCC(=O)N1CCCCC1)SC(N)=NC(=O)c1ccc(Cl)c(Cl)c1. The van der Waals surface area contributed by atoms with Crippen molar-refractivity contribution in [1.82, 2.24) is 4.90 Å². The lowest BCUT2D eigenvalue weighted by Crippen LogP contribution is -2.36. The van der Waals surface area contributed by atoms with Crippen LogP contribution in [0.25, 0.3) is 0 Å². The van der Waals surface area contributed by atoms with Gasteiger partial charge in [0.1, 0.15) is 4.38 Å². The van der Waals surface area contributed by atoms with Gasteiger partial charge >= 0.3 is 0 Å². The minimum atomic E-state index is -0.573. The molecule has 0 aromatic heterocycles. The number of carbonyl (C=O) groups is 2. The van der Waals surface area contributed by atoms with E-state index in [1.807, 2.05) is 4.90 Å². The molecule has 0 radical (unpaired) electrons. The van der Waals surface area contributed by atoms with Gasteiger partial charge in [-0.15, -0.1) is 0 Å². The molecule has 140 valence electrons. The molecule has 3 N–H and O–H groups in total. The number of likely N-dealkylation sites (tertiary alicyclic amines) is 1. The summed E-state index contributed by atoms with van der Waals surface area (Å²) in [7, 11) is 0. The Balaban J connectivity index is 1.83. The van der Waals surface area contributed by atoms with Crippen LogP contribution in [0.5, 0.6) is 0 Å². The second-order valence-corrected chi connectivity index (χ2v) is 8.59. The second-order valence-electron chi connectivity index (χ2n) is 5.50. The second kappa shape index (κ2) is 10.2. The summed E-state index contributed by atoms with van der Waals surface area (Å²) in [5, 5.41) is 8.40. The van der Waals surface area contributed by atoms with Gasteiger partial charge in [-0.3, -0.25) is 15.0 Å². The Bertz CT molecular complexity index is 737. The third kappa shape index (κ3) is 6.50. The van der Waals surface area contributed by atoms with Crippen LogP contribution in [0.1, 0.15) is 29.6 Å². The van der Waals surface area contributed by atoms with Crippen molar-refractivity contribution in [1.29, 1.82) is 5.41 Å². The number of amides is 2. The molecule has 0 unspecified atom stereocenters. The summed E-state index contributed by atoms with van der Waals surface area (Å²) in [6.45, 7) is 1.56. The van der Waals surface area contributed by atoms with Crippen molar-refractivity contribution >= 4 is 68.1 Å². The first-order valence-electron chi connectivity index (χ1n) is 7.87. The van der Waals surface area contributed by atoms with Crippen LogP contribution in [0.3, 0.4) is 0 Å². The number of thioether (sulfide) groups is 2. The Kier molecular flexibility index (Phi) is 8.27. The number of halogens is 2. The van der Waals surface area contributed by atoms with Crippen molar-refractivity contribution in [2.45, 2.75) is 19.3 Å². The Morgan fingerprint density at radius 3 is 2.54 bits per heavy atom. The van der Waals surface area contributed by atoms with Gasteiger partial charge in [0.25, 0.3) is 5.91 Å². The average molecular weight is 433 g/mol. The molecule has 6 nitrogen and oxygen atoms in total. The third-order valence-electron chi connectivity index (χ3n) is 3.61. The predicted octanol–water partition coefficient (Wildman–Crippen LogP) is 3.86. The highest BCUT2D eigenvalue weighted by molar-refractivity contribution is 8.44. The lowest BCUT2D eigenvalue weighted by atomic mass is 10.1. The molecule has 0 saturated carbocycles. The molecule has 1 aliphatic rings. The van der Waals surface area contributed by atoms with Crippen molar-refractivity contribution in [2.75, 3.05) is 18.8 Å². The normalized spacial score (nSPS) is 15.0. The zero-order valence-corrected chi connectivity index (χ0v) is 17.0. The van der Waals surface area contributed by atoms with E-state index in [0.717, 1.165) is 55.9 Å². The fourth-order valence-electron chi connectivity index (χ4n) is 2.30. The predicted molar refractivity (Wildman–Crippen MR) is 111 cm³/mol. The molecule has 1 aliphatic heterocycles. The van der Waals surface area contributed by atoms with Crippen LogP contribution in [0.4, 0.5) is 0 Å². The zero-order chi connectivity index (χ0) is 19.1. The van der Waals surface area contributed by atoms with Gasteiger partial charge in [0.2, 0.25) is 5.91 Å².